The third-order valence-electron chi connectivity index (χ3n) is 10.2. The van der Waals surface area contributed by atoms with Gasteiger partial charge in [0.15, 0.2) is 0 Å². The van der Waals surface area contributed by atoms with Crippen LogP contribution in [0, 0.1) is 0 Å². The van der Waals surface area contributed by atoms with Crippen LogP contribution in [-0.4, -0.2) is 9.97 Å². The van der Waals surface area contributed by atoms with Crippen LogP contribution < -0.4 is 4.90 Å². The van der Waals surface area contributed by atoms with E-state index in [0.29, 0.717) is 28.6 Å². The van der Waals surface area contributed by atoms with Crippen molar-refractivity contribution in [2.24, 2.45) is 0 Å². The zero-order valence-corrected chi connectivity index (χ0v) is 32.1. The highest BCUT2D eigenvalue weighted by atomic mass is 32.1. The number of anilines is 3. The number of nitrogens with zero attached hydrogens (tertiary/aromatic N) is 3. The number of rotatable bonds is 6. The minimum atomic E-state index is -5.19. The van der Waals surface area contributed by atoms with Crippen molar-refractivity contribution in [3.05, 3.63) is 175 Å². The van der Waals surface area contributed by atoms with Crippen LogP contribution in [0.2, 0.25) is 0 Å². The molecule has 59 heavy (non-hydrogen) atoms. The number of hydrogen-bond donors (Lipinski definition) is 0. The average molecular weight is 825 g/mol. The van der Waals surface area contributed by atoms with Gasteiger partial charge >= 0.3 is 12.4 Å². The van der Waals surface area contributed by atoms with Crippen molar-refractivity contribution in [3.63, 3.8) is 0 Å². The van der Waals surface area contributed by atoms with Crippen molar-refractivity contribution in [2.75, 3.05) is 4.90 Å². The first kappa shape index (κ1) is 35.6. The molecule has 2 heterocycles. The third kappa shape index (κ3) is 6.96. The number of para-hydroxylation sites is 2. The average Bonchev–Trinajstić information content (AvgIpc) is 3.88. The van der Waals surface area contributed by atoms with Gasteiger partial charge in [-0.1, -0.05) is 54.6 Å². The van der Waals surface area contributed by atoms with Crippen LogP contribution in [0.25, 0.3) is 74.2 Å². The number of aromatic nitrogens is 2. The lowest BCUT2D eigenvalue weighted by molar-refractivity contribution is -0.161. The van der Waals surface area contributed by atoms with Crippen LogP contribution in [0.3, 0.4) is 0 Å². The second-order valence-corrected chi connectivity index (χ2v) is 16.1. The molecule has 0 spiro atoms. The van der Waals surface area contributed by atoms with E-state index in [1.54, 1.807) is 46.9 Å². The van der Waals surface area contributed by atoms with Gasteiger partial charge in [-0.05, 0) is 142 Å². The molecule has 288 valence electrons. The number of halogens is 6. The Labute approximate surface area is 342 Å². The number of thiazole rings is 2. The zero-order chi connectivity index (χ0) is 41.3. The van der Waals surface area contributed by atoms with Gasteiger partial charge in [-0.25, -0.2) is 9.97 Å². The molecular weight excluding hydrogens is 797 g/mol. The maximum atomic E-state index is 13.8. The molecular formula is C48H27F6N3S2. The third-order valence-corrected chi connectivity index (χ3v) is 12.4. The molecule has 0 aliphatic rings. The topological polar surface area (TPSA) is 29.0 Å². The fraction of sp³-hybridized carbons (Fsp3) is 0.0417. The van der Waals surface area contributed by atoms with Crippen LogP contribution in [0.1, 0.15) is 12.5 Å². The smallest absolute Gasteiger partial charge is 0.310 e. The monoisotopic (exact) mass is 824 g/mol. The molecule has 0 fully saturated rings. The van der Waals surface area contributed by atoms with E-state index in [2.05, 4.69) is 17.0 Å². The van der Waals surface area contributed by atoms with Gasteiger partial charge in [0, 0.05) is 28.2 Å². The van der Waals surface area contributed by atoms with E-state index in [-0.39, 0.29) is 16.8 Å². The van der Waals surface area contributed by atoms with E-state index in [1.807, 2.05) is 97.1 Å². The van der Waals surface area contributed by atoms with Crippen LogP contribution >= 0.6 is 22.7 Å². The van der Waals surface area contributed by atoms with Gasteiger partial charge < -0.3 is 4.90 Å². The van der Waals surface area contributed by atoms with Gasteiger partial charge in [0.25, 0.3) is 0 Å². The van der Waals surface area contributed by atoms with E-state index in [9.17, 15) is 27.7 Å². The van der Waals surface area contributed by atoms with E-state index < -0.39 is 23.5 Å². The first-order valence-corrected chi connectivity index (χ1v) is 20.0. The van der Waals surface area contributed by atoms with Crippen molar-refractivity contribution in [1.29, 1.82) is 0 Å². The summed E-state index contributed by atoms with van der Waals surface area (Å²) in [6.07, 6.45) is -10.4. The predicted molar refractivity (Wildman–Crippen MR) is 229 cm³/mol. The van der Waals surface area contributed by atoms with Gasteiger partial charge in [-0.15, -0.1) is 22.7 Å². The fourth-order valence-corrected chi connectivity index (χ4v) is 9.30. The molecule has 0 radical (unpaired) electrons. The van der Waals surface area contributed by atoms with E-state index in [1.165, 1.54) is 12.1 Å². The molecule has 0 aliphatic heterocycles. The minimum absolute atomic E-state index is 0.0216. The molecule has 10 rings (SSSR count). The minimum Gasteiger partial charge on any atom is -0.310 e. The maximum absolute atomic E-state index is 13.8. The Morgan fingerprint density at radius 2 is 0.864 bits per heavy atom. The molecule has 3 nitrogen and oxygen atoms in total. The largest absolute Gasteiger partial charge is 0.417 e. The summed E-state index contributed by atoms with van der Waals surface area (Å²) in [5.74, 6) is 0. The molecule has 0 bridgehead atoms. The molecule has 0 aliphatic carbocycles. The van der Waals surface area contributed by atoms with Gasteiger partial charge in [-0.3, -0.25) is 0 Å². The SMILES string of the molecule is [2H]c1cc(N(c2ccc(-c3nc4ccccc4s3)cc2)c2ccc(-c3nc4ccccc4s3)cc2)cc2ccc(-c3ccc4cc(C(F)(F)F)c(C(F)(F)F)cc4c3)cc12. The summed E-state index contributed by atoms with van der Waals surface area (Å²) in [6.45, 7) is 0. The van der Waals surface area contributed by atoms with Gasteiger partial charge in [0.1, 0.15) is 10.0 Å². The Hall–Kier alpha value is -6.56. The van der Waals surface area contributed by atoms with Crippen molar-refractivity contribution >= 4 is 81.7 Å². The van der Waals surface area contributed by atoms with Gasteiger partial charge in [0.05, 0.1) is 32.9 Å². The first-order valence-electron chi connectivity index (χ1n) is 18.8. The maximum Gasteiger partial charge on any atom is 0.417 e. The van der Waals surface area contributed by atoms with E-state index in [4.69, 9.17) is 9.97 Å². The number of hydrogen-bond acceptors (Lipinski definition) is 5. The summed E-state index contributed by atoms with van der Waals surface area (Å²) in [4.78, 5) is 11.7. The molecule has 0 saturated carbocycles. The molecule has 8 aromatic carbocycles. The zero-order valence-electron chi connectivity index (χ0n) is 31.4. The number of benzene rings is 8. The Kier molecular flexibility index (Phi) is 8.49. The molecule has 0 N–H and O–H groups in total. The summed E-state index contributed by atoms with van der Waals surface area (Å²) >= 11 is 3.25. The lowest BCUT2D eigenvalue weighted by Crippen LogP contribution is -2.16. The van der Waals surface area contributed by atoms with Crippen molar-refractivity contribution < 1.29 is 27.7 Å². The lowest BCUT2D eigenvalue weighted by Gasteiger charge is -2.26. The molecule has 10 aromatic rings. The summed E-state index contributed by atoms with van der Waals surface area (Å²) < 4.78 is 93.6. The lowest BCUT2D eigenvalue weighted by atomic mass is 9.95. The molecule has 11 heteroatoms. The molecule has 0 atom stereocenters. The second-order valence-electron chi connectivity index (χ2n) is 14.0. The molecule has 2 aromatic heterocycles. The van der Waals surface area contributed by atoms with Crippen LogP contribution in [-0.2, 0) is 12.4 Å². The van der Waals surface area contributed by atoms with Gasteiger partial charge in [-0.2, -0.15) is 26.3 Å². The highest BCUT2D eigenvalue weighted by Gasteiger charge is 2.43. The highest BCUT2D eigenvalue weighted by Crippen LogP contribution is 2.44. The van der Waals surface area contributed by atoms with E-state index in [0.717, 1.165) is 64.0 Å². The quantitative estimate of drug-likeness (QED) is 0.156. The van der Waals surface area contributed by atoms with E-state index >= 15 is 0 Å². The van der Waals surface area contributed by atoms with Gasteiger partial charge in [0.2, 0.25) is 0 Å². The first-order chi connectivity index (χ1) is 28.9. The summed E-state index contributed by atoms with van der Waals surface area (Å²) in [5, 5.41) is 3.21. The van der Waals surface area contributed by atoms with Crippen molar-refractivity contribution in [1.82, 2.24) is 9.97 Å². The highest BCUT2D eigenvalue weighted by molar-refractivity contribution is 7.22. The Morgan fingerprint density at radius 3 is 1.36 bits per heavy atom. The standard InChI is InChI=1S/C48H27F6N3S2/c49-47(50,51)39-26-34-12-10-31(24-35(34)27-40(39)48(52,53)54)30-9-11-33-25-38(22-17-32(33)23-30)57(36-18-13-28(14-19-36)45-55-41-5-1-3-7-43(41)58-45)37-20-15-29(16-21-37)46-56-42-6-2-4-8-44(42)59-46/h1-27H/i17D. The van der Waals surface area contributed by atoms with Crippen molar-refractivity contribution in [3.8, 4) is 32.3 Å². The fourth-order valence-electron chi connectivity index (χ4n) is 7.36. The Balaban J connectivity index is 1.04. The Morgan fingerprint density at radius 1 is 0.424 bits per heavy atom. The molecule has 0 unspecified atom stereocenters. The van der Waals surface area contributed by atoms with Crippen LogP contribution in [0.5, 0.6) is 0 Å². The molecule has 0 saturated heterocycles. The predicted octanol–water partition coefficient (Wildman–Crippen LogP) is 15.7. The summed E-state index contributed by atoms with van der Waals surface area (Å²) in [7, 11) is 0. The van der Waals surface area contributed by atoms with Crippen molar-refractivity contribution in [2.45, 2.75) is 12.4 Å². The number of fused-ring (bicyclic) bond motifs is 4. The van der Waals surface area contributed by atoms with Crippen LogP contribution in [0.15, 0.2) is 164 Å². The molecule has 0 amide bonds. The summed E-state index contributed by atoms with van der Waals surface area (Å²) in [6, 6.07) is 47.2. The normalized spacial score (nSPS) is 12.5. The number of alkyl halides is 6. The Bertz CT molecular complexity index is 3080. The second kappa shape index (κ2) is 14.1. The van der Waals surface area contributed by atoms with Crippen LogP contribution in [0.4, 0.5) is 43.4 Å². The summed E-state index contributed by atoms with van der Waals surface area (Å²) in [5.41, 5.74) is 3.91.